The van der Waals surface area contributed by atoms with Crippen LogP contribution in [0, 0.1) is 0 Å². The zero-order valence-electron chi connectivity index (χ0n) is 16.7. The topological polar surface area (TPSA) is 78.3 Å². The third-order valence-electron chi connectivity index (χ3n) is 5.68. The van der Waals surface area contributed by atoms with E-state index in [9.17, 15) is 4.79 Å². The monoisotopic (exact) mass is 404 g/mol. The highest BCUT2D eigenvalue weighted by Crippen LogP contribution is 2.34. The van der Waals surface area contributed by atoms with Gasteiger partial charge in [0.05, 0.1) is 24.0 Å². The van der Waals surface area contributed by atoms with Crippen molar-refractivity contribution in [2.45, 2.75) is 44.4 Å². The van der Waals surface area contributed by atoms with Crippen LogP contribution in [-0.4, -0.2) is 33.4 Å². The molecule has 1 amide bonds. The predicted octanol–water partition coefficient (Wildman–Crippen LogP) is 3.52. The first-order valence-corrected chi connectivity index (χ1v) is 10.4. The summed E-state index contributed by atoms with van der Waals surface area (Å²) in [4.78, 5) is 16.8. The maximum Gasteiger partial charge on any atom is 0.265 e. The molecule has 0 bridgehead atoms. The highest BCUT2D eigenvalue weighted by Gasteiger charge is 2.27. The number of nitrogens with one attached hydrogen (secondary N) is 1. The number of carbonyl (C=O) groups excluding carboxylic acids is 1. The number of aromatic nitrogens is 3. The minimum absolute atomic E-state index is 0.196. The van der Waals surface area contributed by atoms with Gasteiger partial charge in [0.25, 0.3) is 5.91 Å². The van der Waals surface area contributed by atoms with Gasteiger partial charge < -0.3 is 14.8 Å². The van der Waals surface area contributed by atoms with Crippen LogP contribution in [0.5, 0.6) is 11.5 Å². The molecule has 1 aromatic carbocycles. The van der Waals surface area contributed by atoms with Crippen molar-refractivity contribution in [3.8, 4) is 22.8 Å². The minimum Gasteiger partial charge on any atom is -0.485 e. The van der Waals surface area contributed by atoms with Gasteiger partial charge in [0.1, 0.15) is 6.61 Å². The van der Waals surface area contributed by atoms with E-state index in [1.807, 2.05) is 30.3 Å². The molecule has 1 fully saturated rings. The smallest absolute Gasteiger partial charge is 0.265 e. The Bertz CT molecular complexity index is 1030. The lowest BCUT2D eigenvalue weighted by Gasteiger charge is -2.25. The van der Waals surface area contributed by atoms with Gasteiger partial charge >= 0.3 is 0 Å². The molecule has 1 aliphatic heterocycles. The number of para-hydroxylation sites is 2. The average Bonchev–Trinajstić information content (AvgIpc) is 3.47. The fraction of sp³-hybridized carbons (Fsp3) is 0.348. The van der Waals surface area contributed by atoms with E-state index in [0.717, 1.165) is 29.8 Å². The van der Waals surface area contributed by atoms with Crippen molar-refractivity contribution >= 4 is 5.91 Å². The standard InChI is InChI=1S/C23H24N4O3/c28-23(22-15-29-20-7-3-4-8-21(20)30-22)25-14-17-13-19(16-9-11-24-12-10-16)27(26-17)18-5-1-2-6-18/h3-4,7-13,18,22H,1-2,5-6,14-15H2,(H,25,28). The van der Waals surface area contributed by atoms with Crippen molar-refractivity contribution in [3.05, 3.63) is 60.6 Å². The Kier molecular flexibility index (Phi) is 5.09. The van der Waals surface area contributed by atoms with Crippen molar-refractivity contribution in [1.82, 2.24) is 20.1 Å². The number of fused-ring (bicyclic) bond motifs is 1. The Hall–Kier alpha value is -3.35. The van der Waals surface area contributed by atoms with Crippen molar-refractivity contribution in [3.63, 3.8) is 0 Å². The van der Waals surface area contributed by atoms with Gasteiger partial charge in [-0.25, -0.2) is 0 Å². The van der Waals surface area contributed by atoms with E-state index in [4.69, 9.17) is 14.6 Å². The zero-order valence-corrected chi connectivity index (χ0v) is 16.7. The second-order valence-corrected chi connectivity index (χ2v) is 7.72. The summed E-state index contributed by atoms with van der Waals surface area (Å²) < 4.78 is 13.6. The van der Waals surface area contributed by atoms with Crippen LogP contribution < -0.4 is 14.8 Å². The molecule has 3 aromatic rings. The number of hydrogen-bond acceptors (Lipinski definition) is 5. The Morgan fingerprint density at radius 2 is 1.87 bits per heavy atom. The van der Waals surface area contributed by atoms with Crippen LogP contribution in [0.4, 0.5) is 0 Å². The lowest BCUT2D eigenvalue weighted by Crippen LogP contribution is -2.43. The molecule has 0 saturated heterocycles. The summed E-state index contributed by atoms with van der Waals surface area (Å²) in [6.07, 6.45) is 7.65. The fourth-order valence-corrected chi connectivity index (χ4v) is 4.14. The molecule has 0 radical (unpaired) electrons. The van der Waals surface area contributed by atoms with E-state index >= 15 is 0 Å². The summed E-state index contributed by atoms with van der Waals surface area (Å²) in [5, 5.41) is 7.78. The van der Waals surface area contributed by atoms with Gasteiger partial charge in [0.15, 0.2) is 11.5 Å². The van der Waals surface area contributed by atoms with E-state index in [1.165, 1.54) is 12.8 Å². The van der Waals surface area contributed by atoms with Crippen LogP contribution >= 0.6 is 0 Å². The number of amides is 1. The van der Waals surface area contributed by atoms with Crippen molar-refractivity contribution in [2.24, 2.45) is 0 Å². The third kappa shape index (κ3) is 3.75. The molecule has 0 spiro atoms. The molecule has 7 heteroatoms. The summed E-state index contributed by atoms with van der Waals surface area (Å²) >= 11 is 0. The van der Waals surface area contributed by atoms with Crippen LogP contribution in [0.2, 0.25) is 0 Å². The van der Waals surface area contributed by atoms with Gasteiger partial charge in [-0.15, -0.1) is 0 Å². The lowest BCUT2D eigenvalue weighted by atomic mass is 10.1. The summed E-state index contributed by atoms with van der Waals surface area (Å²) in [6.45, 7) is 0.541. The fourth-order valence-electron chi connectivity index (χ4n) is 4.14. The van der Waals surface area contributed by atoms with E-state index in [2.05, 4.69) is 21.0 Å². The summed E-state index contributed by atoms with van der Waals surface area (Å²) in [7, 11) is 0. The van der Waals surface area contributed by atoms with Crippen molar-refractivity contribution in [1.29, 1.82) is 0 Å². The van der Waals surface area contributed by atoms with Gasteiger partial charge in [-0.3, -0.25) is 14.5 Å². The van der Waals surface area contributed by atoms with Crippen molar-refractivity contribution < 1.29 is 14.3 Å². The van der Waals surface area contributed by atoms with Crippen LogP contribution in [0.1, 0.15) is 37.4 Å². The summed E-state index contributed by atoms with van der Waals surface area (Å²) in [5.41, 5.74) is 2.99. The average molecular weight is 404 g/mol. The number of carbonyl (C=O) groups is 1. The predicted molar refractivity (Wildman–Crippen MR) is 111 cm³/mol. The largest absolute Gasteiger partial charge is 0.485 e. The van der Waals surface area contributed by atoms with E-state index in [1.54, 1.807) is 18.5 Å². The summed E-state index contributed by atoms with van der Waals surface area (Å²) in [6, 6.07) is 13.8. The maximum atomic E-state index is 12.6. The molecule has 5 rings (SSSR count). The Balaban J connectivity index is 1.30. The van der Waals surface area contributed by atoms with Crippen molar-refractivity contribution in [2.75, 3.05) is 6.61 Å². The lowest BCUT2D eigenvalue weighted by molar-refractivity contribution is -0.130. The number of pyridine rings is 1. The Morgan fingerprint density at radius 1 is 1.10 bits per heavy atom. The van der Waals surface area contributed by atoms with Crippen LogP contribution in [0.15, 0.2) is 54.9 Å². The number of ether oxygens (including phenoxy) is 2. The first kappa shape index (κ1) is 18.7. The van der Waals surface area contributed by atoms with Gasteiger partial charge in [0, 0.05) is 18.0 Å². The van der Waals surface area contributed by atoms with E-state index in [0.29, 0.717) is 24.1 Å². The van der Waals surface area contributed by atoms with Crippen LogP contribution in [-0.2, 0) is 11.3 Å². The van der Waals surface area contributed by atoms with E-state index < -0.39 is 6.10 Å². The van der Waals surface area contributed by atoms with Crippen LogP contribution in [0.25, 0.3) is 11.3 Å². The van der Waals surface area contributed by atoms with Gasteiger partial charge in [-0.2, -0.15) is 5.10 Å². The van der Waals surface area contributed by atoms with Gasteiger partial charge in [-0.05, 0) is 43.2 Å². The van der Waals surface area contributed by atoms with Gasteiger partial charge in [-0.1, -0.05) is 25.0 Å². The molecule has 7 nitrogen and oxygen atoms in total. The van der Waals surface area contributed by atoms with E-state index in [-0.39, 0.29) is 12.5 Å². The molecule has 154 valence electrons. The first-order chi connectivity index (χ1) is 14.8. The molecule has 1 unspecified atom stereocenters. The highest BCUT2D eigenvalue weighted by atomic mass is 16.6. The molecule has 2 aromatic heterocycles. The molecule has 1 aliphatic carbocycles. The first-order valence-electron chi connectivity index (χ1n) is 10.4. The normalized spacial score (nSPS) is 18.3. The molecule has 2 aliphatic rings. The number of nitrogens with zero attached hydrogens (tertiary/aromatic N) is 3. The maximum absolute atomic E-state index is 12.6. The SMILES string of the molecule is O=C(NCc1cc(-c2ccncc2)n(C2CCCC2)n1)C1COc2ccccc2O1. The molecule has 1 N–H and O–H groups in total. The molecule has 1 atom stereocenters. The second kappa shape index (κ2) is 8.18. The number of benzene rings is 1. The molecule has 1 saturated carbocycles. The zero-order chi connectivity index (χ0) is 20.3. The highest BCUT2D eigenvalue weighted by molar-refractivity contribution is 5.81. The van der Waals surface area contributed by atoms with Crippen LogP contribution in [0.3, 0.4) is 0 Å². The quantitative estimate of drug-likeness (QED) is 0.704. The molecular weight excluding hydrogens is 380 g/mol. The molecule has 3 heterocycles. The second-order valence-electron chi connectivity index (χ2n) is 7.72. The molecule has 30 heavy (non-hydrogen) atoms. The number of hydrogen-bond donors (Lipinski definition) is 1. The number of rotatable bonds is 5. The Labute approximate surface area is 175 Å². The summed E-state index contributed by atoms with van der Waals surface area (Å²) in [5.74, 6) is 1.05. The third-order valence-corrected chi connectivity index (χ3v) is 5.68. The minimum atomic E-state index is -0.670. The Morgan fingerprint density at radius 3 is 2.67 bits per heavy atom. The molecular formula is C23H24N4O3. The van der Waals surface area contributed by atoms with Gasteiger partial charge in [0.2, 0.25) is 6.10 Å².